The lowest BCUT2D eigenvalue weighted by Gasteiger charge is -2.06. The second-order valence-electron chi connectivity index (χ2n) is 4.80. The first-order chi connectivity index (χ1) is 10.4. The molecule has 3 aromatic rings. The van der Waals surface area contributed by atoms with Gasteiger partial charge in [0.25, 0.3) is 0 Å². The minimum atomic E-state index is -4.35. The number of aryl methyl sites for hydroxylation is 1. The van der Waals surface area contributed by atoms with Crippen LogP contribution in [-0.2, 0) is 6.18 Å². The highest BCUT2D eigenvalue weighted by Crippen LogP contribution is 2.32. The van der Waals surface area contributed by atoms with Gasteiger partial charge in [-0.25, -0.2) is 4.98 Å². The molecule has 0 radical (unpaired) electrons. The van der Waals surface area contributed by atoms with Crippen LogP contribution in [0.1, 0.15) is 11.1 Å². The third-order valence-corrected chi connectivity index (χ3v) is 3.27. The number of nitrogens with zero attached hydrogens (tertiary/aromatic N) is 2. The molecule has 6 heteroatoms. The van der Waals surface area contributed by atoms with Crippen LogP contribution in [0.15, 0.2) is 53.3 Å². The Labute approximate surface area is 124 Å². The molecule has 0 bridgehead atoms. The minimum absolute atomic E-state index is 0.389. The van der Waals surface area contributed by atoms with E-state index in [0.29, 0.717) is 17.2 Å². The first kappa shape index (κ1) is 14.3. The predicted octanol–water partition coefficient (Wildman–Crippen LogP) is 4.73. The van der Waals surface area contributed by atoms with Crippen molar-refractivity contribution in [2.24, 2.45) is 0 Å². The Morgan fingerprint density at radius 1 is 1.00 bits per heavy atom. The summed E-state index contributed by atoms with van der Waals surface area (Å²) in [5.74, 6) is 0.799. The van der Waals surface area contributed by atoms with Crippen molar-refractivity contribution in [2.75, 3.05) is 0 Å². The zero-order chi connectivity index (χ0) is 15.7. The normalized spacial score (nSPS) is 11.6. The Morgan fingerprint density at radius 2 is 1.73 bits per heavy atom. The van der Waals surface area contributed by atoms with E-state index >= 15 is 0 Å². The van der Waals surface area contributed by atoms with Crippen molar-refractivity contribution in [1.29, 1.82) is 0 Å². The Balaban J connectivity index is 1.93. The molecule has 0 saturated heterocycles. The molecule has 3 nitrogen and oxygen atoms in total. The van der Waals surface area contributed by atoms with E-state index in [1.165, 1.54) is 18.3 Å². The van der Waals surface area contributed by atoms with E-state index in [1.54, 1.807) is 12.4 Å². The second kappa shape index (κ2) is 5.29. The van der Waals surface area contributed by atoms with Crippen molar-refractivity contribution >= 4 is 0 Å². The SMILES string of the molecule is Cc1ccncc1-c1ncc(-c2ccc(C(F)(F)F)cc2)o1. The Bertz CT molecular complexity index is 792. The summed E-state index contributed by atoms with van der Waals surface area (Å²) in [6.07, 6.45) is 0.443. The molecular formula is C16H11F3N2O. The van der Waals surface area contributed by atoms with Crippen molar-refractivity contribution in [3.8, 4) is 22.8 Å². The maximum atomic E-state index is 12.5. The van der Waals surface area contributed by atoms with Crippen molar-refractivity contribution in [3.05, 3.63) is 60.0 Å². The summed E-state index contributed by atoms with van der Waals surface area (Å²) in [5.41, 5.74) is 1.55. The number of oxazole rings is 1. The standard InChI is InChI=1S/C16H11F3N2O/c1-10-6-7-20-8-13(10)15-21-9-14(22-15)11-2-4-12(5-3-11)16(17,18)19/h2-9H,1H3. The van der Waals surface area contributed by atoms with Gasteiger partial charge in [0, 0.05) is 18.0 Å². The minimum Gasteiger partial charge on any atom is -0.436 e. The van der Waals surface area contributed by atoms with Crippen LogP contribution in [0.5, 0.6) is 0 Å². The Kier molecular flexibility index (Phi) is 3.44. The van der Waals surface area contributed by atoms with Gasteiger partial charge >= 0.3 is 6.18 Å². The van der Waals surface area contributed by atoms with Crippen LogP contribution in [0, 0.1) is 6.92 Å². The van der Waals surface area contributed by atoms with Crippen molar-refractivity contribution in [3.63, 3.8) is 0 Å². The van der Waals surface area contributed by atoms with Crippen LogP contribution in [0.3, 0.4) is 0 Å². The largest absolute Gasteiger partial charge is 0.436 e. The molecule has 0 N–H and O–H groups in total. The molecule has 0 amide bonds. The summed E-state index contributed by atoms with van der Waals surface area (Å²) >= 11 is 0. The first-order valence-corrected chi connectivity index (χ1v) is 6.49. The zero-order valence-electron chi connectivity index (χ0n) is 11.6. The first-order valence-electron chi connectivity index (χ1n) is 6.49. The number of pyridine rings is 1. The summed E-state index contributed by atoms with van der Waals surface area (Å²) in [6, 6.07) is 6.60. The molecule has 2 aromatic heterocycles. The molecule has 0 fully saturated rings. The van der Waals surface area contributed by atoms with Gasteiger partial charge in [-0.1, -0.05) is 12.1 Å². The molecule has 112 valence electrons. The fraction of sp³-hybridized carbons (Fsp3) is 0.125. The number of hydrogen-bond acceptors (Lipinski definition) is 3. The van der Waals surface area contributed by atoms with Crippen LogP contribution in [0.25, 0.3) is 22.8 Å². The molecule has 0 saturated carbocycles. The molecular weight excluding hydrogens is 293 g/mol. The Hall–Kier alpha value is -2.63. The number of halogens is 3. The molecule has 0 unspecified atom stereocenters. The number of hydrogen-bond donors (Lipinski definition) is 0. The Morgan fingerprint density at radius 3 is 2.36 bits per heavy atom. The third-order valence-electron chi connectivity index (χ3n) is 3.27. The number of benzene rings is 1. The molecule has 0 aliphatic heterocycles. The van der Waals surface area contributed by atoms with Gasteiger partial charge < -0.3 is 4.42 Å². The van der Waals surface area contributed by atoms with Crippen molar-refractivity contribution in [2.45, 2.75) is 13.1 Å². The molecule has 0 aliphatic carbocycles. The quantitative estimate of drug-likeness (QED) is 0.687. The van der Waals surface area contributed by atoms with Gasteiger partial charge in [-0.2, -0.15) is 13.2 Å². The van der Waals surface area contributed by atoms with E-state index in [2.05, 4.69) is 9.97 Å². The van der Waals surface area contributed by atoms with Crippen LogP contribution >= 0.6 is 0 Å². The molecule has 0 aliphatic rings. The lowest BCUT2D eigenvalue weighted by molar-refractivity contribution is -0.137. The average molecular weight is 304 g/mol. The maximum absolute atomic E-state index is 12.5. The number of alkyl halides is 3. The monoisotopic (exact) mass is 304 g/mol. The van der Waals surface area contributed by atoms with E-state index in [4.69, 9.17) is 4.42 Å². The highest BCUT2D eigenvalue weighted by atomic mass is 19.4. The van der Waals surface area contributed by atoms with E-state index in [9.17, 15) is 13.2 Å². The van der Waals surface area contributed by atoms with Gasteiger partial charge in [0.05, 0.1) is 17.3 Å². The highest BCUT2D eigenvalue weighted by Gasteiger charge is 2.30. The van der Waals surface area contributed by atoms with Gasteiger partial charge in [-0.3, -0.25) is 4.98 Å². The molecule has 2 heterocycles. The summed E-state index contributed by atoms with van der Waals surface area (Å²) in [7, 11) is 0. The summed E-state index contributed by atoms with van der Waals surface area (Å²) in [4.78, 5) is 8.18. The van der Waals surface area contributed by atoms with Crippen molar-refractivity contribution < 1.29 is 17.6 Å². The average Bonchev–Trinajstić information content (AvgIpc) is 2.96. The number of rotatable bonds is 2. The lowest BCUT2D eigenvalue weighted by atomic mass is 10.1. The summed E-state index contributed by atoms with van der Waals surface area (Å²) in [5, 5.41) is 0. The topological polar surface area (TPSA) is 38.9 Å². The predicted molar refractivity (Wildman–Crippen MR) is 74.9 cm³/mol. The lowest BCUT2D eigenvalue weighted by Crippen LogP contribution is -2.03. The molecule has 3 rings (SSSR count). The highest BCUT2D eigenvalue weighted by molar-refractivity contribution is 5.62. The molecule has 0 atom stereocenters. The van der Waals surface area contributed by atoms with Crippen molar-refractivity contribution in [1.82, 2.24) is 9.97 Å². The van der Waals surface area contributed by atoms with Crippen LogP contribution < -0.4 is 0 Å². The summed E-state index contributed by atoms with van der Waals surface area (Å²) in [6.45, 7) is 1.90. The summed E-state index contributed by atoms with van der Waals surface area (Å²) < 4.78 is 43.3. The fourth-order valence-corrected chi connectivity index (χ4v) is 2.04. The van der Waals surface area contributed by atoms with E-state index < -0.39 is 11.7 Å². The van der Waals surface area contributed by atoms with E-state index in [1.807, 2.05) is 13.0 Å². The second-order valence-corrected chi connectivity index (χ2v) is 4.80. The van der Waals surface area contributed by atoms with Gasteiger partial charge in [0.2, 0.25) is 5.89 Å². The third kappa shape index (κ3) is 2.72. The van der Waals surface area contributed by atoms with Gasteiger partial charge in [0.15, 0.2) is 5.76 Å². The molecule has 22 heavy (non-hydrogen) atoms. The van der Waals surface area contributed by atoms with Crippen LogP contribution in [0.4, 0.5) is 13.2 Å². The smallest absolute Gasteiger partial charge is 0.416 e. The molecule has 1 aromatic carbocycles. The number of aromatic nitrogens is 2. The van der Waals surface area contributed by atoms with Crippen LogP contribution in [-0.4, -0.2) is 9.97 Å². The van der Waals surface area contributed by atoms with E-state index in [0.717, 1.165) is 23.3 Å². The fourth-order valence-electron chi connectivity index (χ4n) is 2.04. The zero-order valence-corrected chi connectivity index (χ0v) is 11.6. The van der Waals surface area contributed by atoms with Gasteiger partial charge in [0.1, 0.15) is 0 Å². The van der Waals surface area contributed by atoms with E-state index in [-0.39, 0.29) is 0 Å². The van der Waals surface area contributed by atoms with Gasteiger partial charge in [-0.05, 0) is 30.7 Å². The maximum Gasteiger partial charge on any atom is 0.416 e. The van der Waals surface area contributed by atoms with Gasteiger partial charge in [-0.15, -0.1) is 0 Å². The van der Waals surface area contributed by atoms with Crippen LogP contribution in [0.2, 0.25) is 0 Å². The molecule has 0 spiro atoms.